The summed E-state index contributed by atoms with van der Waals surface area (Å²) >= 11 is 0. The minimum Gasteiger partial charge on any atom is -0.334 e. The zero-order chi connectivity index (χ0) is 22.2. The molecule has 32 heavy (non-hydrogen) atoms. The largest absolute Gasteiger partial charge is 0.334 e. The summed E-state index contributed by atoms with van der Waals surface area (Å²) in [6.45, 7) is 4.20. The lowest BCUT2D eigenvalue weighted by atomic mass is 10.1. The van der Waals surface area contributed by atoms with Crippen LogP contribution < -0.4 is 11.2 Å². The third kappa shape index (κ3) is 3.65. The topological polar surface area (TPSA) is 93.8 Å². The molecule has 0 amide bonds. The van der Waals surface area contributed by atoms with Gasteiger partial charge in [0.25, 0.3) is 11.4 Å². The van der Waals surface area contributed by atoms with E-state index >= 15 is 0 Å². The maximum atomic E-state index is 13.0. The van der Waals surface area contributed by atoms with Gasteiger partial charge in [-0.2, -0.15) is 4.98 Å². The lowest BCUT2D eigenvalue weighted by Crippen LogP contribution is -2.35. The van der Waals surface area contributed by atoms with Gasteiger partial charge in [-0.1, -0.05) is 64.8 Å². The Kier molecular flexibility index (Phi) is 4.78. The quantitative estimate of drug-likeness (QED) is 0.469. The van der Waals surface area contributed by atoms with Gasteiger partial charge in [-0.25, -0.2) is 4.79 Å². The van der Waals surface area contributed by atoms with E-state index in [2.05, 4.69) is 15.1 Å². The number of hydrogen-bond donors (Lipinski definition) is 1. The number of nitrogens with one attached hydrogen (secondary N) is 1. The molecule has 0 unspecified atom stereocenters. The fourth-order valence-electron chi connectivity index (χ4n) is 3.57. The Morgan fingerprint density at radius 1 is 0.875 bits per heavy atom. The minimum atomic E-state index is -0.467. The molecule has 0 fully saturated rings. The van der Waals surface area contributed by atoms with Gasteiger partial charge < -0.3 is 9.51 Å². The van der Waals surface area contributed by atoms with Gasteiger partial charge in [0.15, 0.2) is 0 Å². The molecule has 0 saturated carbocycles. The number of aryl methyl sites for hydroxylation is 2. The monoisotopic (exact) mass is 424 g/mol. The second-order valence-electron chi connectivity index (χ2n) is 7.86. The van der Waals surface area contributed by atoms with Crippen LogP contribution in [0.1, 0.15) is 16.7 Å². The molecule has 0 spiro atoms. The van der Waals surface area contributed by atoms with Crippen molar-refractivity contribution in [3.8, 4) is 22.8 Å². The minimum absolute atomic E-state index is 0.204. The first-order chi connectivity index (χ1) is 15.5. The summed E-state index contributed by atoms with van der Waals surface area (Å²) in [7, 11) is 0. The molecule has 5 rings (SSSR count). The first-order valence-corrected chi connectivity index (χ1v) is 10.2. The predicted molar refractivity (Wildman–Crippen MR) is 123 cm³/mol. The standard InChI is InChI=1S/C25H20N4O3/c1-15-3-7-17(8-4-15)14-29-24(30)20-12-11-19(13-21(20)26-25(29)31)23-27-22(28-32-23)18-9-5-16(2)6-10-18/h3-13H,14H2,1-2H3,(H,26,31). The second kappa shape index (κ2) is 7.77. The van der Waals surface area contributed by atoms with Crippen molar-refractivity contribution >= 4 is 10.9 Å². The number of hydrogen-bond acceptors (Lipinski definition) is 5. The van der Waals surface area contributed by atoms with Crippen LogP contribution in [0.4, 0.5) is 0 Å². The Labute approximate surface area is 183 Å². The number of aromatic nitrogens is 4. The lowest BCUT2D eigenvalue weighted by molar-refractivity contribution is 0.432. The van der Waals surface area contributed by atoms with Crippen molar-refractivity contribution < 1.29 is 4.52 Å². The maximum Gasteiger partial charge on any atom is 0.329 e. The van der Waals surface area contributed by atoms with Crippen LogP contribution in [0.15, 0.2) is 80.8 Å². The normalized spacial score (nSPS) is 11.2. The maximum absolute atomic E-state index is 13.0. The first-order valence-electron chi connectivity index (χ1n) is 10.2. The Bertz CT molecular complexity index is 1540. The molecule has 0 aliphatic heterocycles. The summed E-state index contributed by atoms with van der Waals surface area (Å²) in [5.74, 6) is 0.786. The number of benzene rings is 3. The summed E-state index contributed by atoms with van der Waals surface area (Å²) in [5.41, 5.74) is 4.22. The van der Waals surface area contributed by atoms with E-state index in [0.29, 0.717) is 28.2 Å². The number of aromatic amines is 1. The smallest absolute Gasteiger partial charge is 0.329 e. The van der Waals surface area contributed by atoms with Crippen LogP contribution in [-0.4, -0.2) is 19.7 Å². The lowest BCUT2D eigenvalue weighted by Gasteiger charge is -2.07. The van der Waals surface area contributed by atoms with E-state index in [9.17, 15) is 9.59 Å². The summed E-state index contributed by atoms with van der Waals surface area (Å²) in [5, 5.41) is 4.47. The Hall–Kier alpha value is -4.26. The van der Waals surface area contributed by atoms with Crippen LogP contribution in [0.2, 0.25) is 0 Å². The van der Waals surface area contributed by atoms with Crippen molar-refractivity contribution in [3.05, 3.63) is 104 Å². The van der Waals surface area contributed by atoms with Gasteiger partial charge in [-0.3, -0.25) is 9.36 Å². The van der Waals surface area contributed by atoms with Crippen molar-refractivity contribution in [2.24, 2.45) is 0 Å². The molecule has 0 aliphatic rings. The van der Waals surface area contributed by atoms with Crippen LogP contribution in [-0.2, 0) is 6.54 Å². The summed E-state index contributed by atoms with van der Waals surface area (Å²) in [6, 6.07) is 20.6. The summed E-state index contributed by atoms with van der Waals surface area (Å²) in [6.07, 6.45) is 0. The predicted octanol–water partition coefficient (Wildman–Crippen LogP) is 4.07. The molecule has 158 valence electrons. The molecular formula is C25H20N4O3. The number of rotatable bonds is 4. The first kappa shape index (κ1) is 19.7. The van der Waals surface area contributed by atoms with Crippen molar-refractivity contribution in [3.63, 3.8) is 0 Å². The molecule has 0 atom stereocenters. The molecule has 3 aromatic carbocycles. The van der Waals surface area contributed by atoms with Gasteiger partial charge in [0.1, 0.15) is 0 Å². The van der Waals surface area contributed by atoms with Gasteiger partial charge in [0.2, 0.25) is 5.82 Å². The zero-order valence-corrected chi connectivity index (χ0v) is 17.6. The van der Waals surface area contributed by atoms with Gasteiger partial charge in [0, 0.05) is 11.1 Å². The molecule has 0 radical (unpaired) electrons. The zero-order valence-electron chi connectivity index (χ0n) is 17.6. The molecule has 5 aromatic rings. The highest BCUT2D eigenvalue weighted by Gasteiger charge is 2.14. The molecule has 2 heterocycles. The summed E-state index contributed by atoms with van der Waals surface area (Å²) in [4.78, 5) is 32.9. The molecular weight excluding hydrogens is 404 g/mol. The van der Waals surface area contributed by atoms with E-state index in [1.165, 1.54) is 4.57 Å². The third-order valence-electron chi connectivity index (χ3n) is 5.43. The molecule has 0 bridgehead atoms. The molecule has 1 N–H and O–H groups in total. The fourth-order valence-corrected chi connectivity index (χ4v) is 3.57. The third-order valence-corrected chi connectivity index (χ3v) is 5.43. The van der Waals surface area contributed by atoms with E-state index in [0.717, 1.165) is 22.3 Å². The van der Waals surface area contributed by atoms with Crippen LogP contribution in [0.3, 0.4) is 0 Å². The van der Waals surface area contributed by atoms with E-state index in [-0.39, 0.29) is 12.1 Å². The number of fused-ring (bicyclic) bond motifs is 1. The van der Waals surface area contributed by atoms with E-state index in [1.54, 1.807) is 18.2 Å². The van der Waals surface area contributed by atoms with E-state index < -0.39 is 5.69 Å². The van der Waals surface area contributed by atoms with Crippen LogP contribution in [0.25, 0.3) is 33.7 Å². The van der Waals surface area contributed by atoms with Crippen molar-refractivity contribution in [2.75, 3.05) is 0 Å². The van der Waals surface area contributed by atoms with Crippen molar-refractivity contribution in [2.45, 2.75) is 20.4 Å². The molecule has 2 aromatic heterocycles. The fraction of sp³-hybridized carbons (Fsp3) is 0.120. The van der Waals surface area contributed by atoms with E-state index in [4.69, 9.17) is 4.52 Å². The highest BCUT2D eigenvalue weighted by molar-refractivity contribution is 5.82. The summed E-state index contributed by atoms with van der Waals surface area (Å²) < 4.78 is 6.62. The average Bonchev–Trinajstić information content (AvgIpc) is 3.28. The average molecular weight is 424 g/mol. The number of H-pyrrole nitrogens is 1. The Morgan fingerprint density at radius 2 is 1.53 bits per heavy atom. The second-order valence-corrected chi connectivity index (χ2v) is 7.86. The van der Waals surface area contributed by atoms with Crippen LogP contribution in [0, 0.1) is 13.8 Å². The van der Waals surface area contributed by atoms with E-state index in [1.807, 2.05) is 62.4 Å². The van der Waals surface area contributed by atoms with Crippen LogP contribution >= 0.6 is 0 Å². The van der Waals surface area contributed by atoms with Crippen molar-refractivity contribution in [1.82, 2.24) is 19.7 Å². The van der Waals surface area contributed by atoms with Gasteiger partial charge in [-0.05, 0) is 37.6 Å². The molecule has 7 nitrogen and oxygen atoms in total. The van der Waals surface area contributed by atoms with Crippen molar-refractivity contribution in [1.29, 1.82) is 0 Å². The molecule has 0 saturated heterocycles. The SMILES string of the molecule is Cc1ccc(Cn2c(=O)[nH]c3cc(-c4nc(-c5ccc(C)cc5)no4)ccc3c2=O)cc1. The Balaban J connectivity index is 1.51. The van der Waals surface area contributed by atoms with Gasteiger partial charge >= 0.3 is 5.69 Å². The van der Waals surface area contributed by atoms with Gasteiger partial charge in [0.05, 0.1) is 17.4 Å². The molecule has 0 aliphatic carbocycles. The highest BCUT2D eigenvalue weighted by atomic mass is 16.5. The number of nitrogens with zero attached hydrogens (tertiary/aromatic N) is 3. The Morgan fingerprint density at radius 3 is 2.25 bits per heavy atom. The highest BCUT2D eigenvalue weighted by Crippen LogP contribution is 2.24. The van der Waals surface area contributed by atoms with Gasteiger partial charge in [-0.15, -0.1) is 0 Å². The molecule has 7 heteroatoms. The van der Waals surface area contributed by atoms with Crippen LogP contribution in [0.5, 0.6) is 0 Å².